The predicted molar refractivity (Wildman–Crippen MR) is 81.3 cm³/mol. The van der Waals surface area contributed by atoms with Crippen molar-refractivity contribution in [3.63, 3.8) is 0 Å². The van der Waals surface area contributed by atoms with E-state index in [0.717, 1.165) is 0 Å². The maximum absolute atomic E-state index is 11.7. The predicted octanol–water partition coefficient (Wildman–Crippen LogP) is 2.60. The first kappa shape index (κ1) is 17.5. The van der Waals surface area contributed by atoms with Gasteiger partial charge in [-0.3, -0.25) is 0 Å². The van der Waals surface area contributed by atoms with Crippen LogP contribution in [0.1, 0.15) is 34.1 Å². The van der Waals surface area contributed by atoms with Crippen molar-refractivity contribution >= 4 is 14.4 Å². The molecule has 1 aliphatic heterocycles. The van der Waals surface area contributed by atoms with Gasteiger partial charge in [-0.1, -0.05) is 20.8 Å². The topological polar surface area (TPSA) is 59.0 Å². The molecule has 0 aromatic rings. The highest BCUT2D eigenvalue weighted by Gasteiger charge is 2.46. The standard InChI is InChI=1S/C14H29NO4Si/c1-10(19-20(6,7)14(2,3)4)12-11(8-9-16)18-13(17)15(12)5/h10-12,16H,8-9H2,1-7H3/t10-,11+,12-/m1/s1. The van der Waals surface area contributed by atoms with Gasteiger partial charge < -0.3 is 19.2 Å². The van der Waals surface area contributed by atoms with E-state index in [-0.39, 0.29) is 36.0 Å². The number of likely N-dealkylation sites (N-methyl/N-ethyl adjacent to an activating group) is 1. The second-order valence-electron chi connectivity index (χ2n) is 7.12. The average Bonchev–Trinajstić information content (AvgIpc) is 2.53. The summed E-state index contributed by atoms with van der Waals surface area (Å²) in [4.78, 5) is 13.3. The number of amides is 1. The lowest BCUT2D eigenvalue weighted by atomic mass is 10.0. The van der Waals surface area contributed by atoms with Crippen molar-refractivity contribution < 1.29 is 19.1 Å². The van der Waals surface area contributed by atoms with Gasteiger partial charge in [-0.15, -0.1) is 0 Å². The minimum absolute atomic E-state index is 0.00903. The van der Waals surface area contributed by atoms with Gasteiger partial charge in [0.25, 0.3) is 0 Å². The quantitative estimate of drug-likeness (QED) is 0.793. The third-order valence-corrected chi connectivity index (χ3v) is 9.12. The fraction of sp³-hybridized carbons (Fsp3) is 0.929. The molecule has 1 rings (SSSR count). The first-order chi connectivity index (χ1) is 9.01. The number of aliphatic hydroxyl groups is 1. The van der Waals surface area contributed by atoms with Gasteiger partial charge in [0.15, 0.2) is 8.32 Å². The summed E-state index contributed by atoms with van der Waals surface area (Å²) in [6.07, 6.45) is -0.285. The molecule has 0 spiro atoms. The maximum Gasteiger partial charge on any atom is 0.410 e. The van der Waals surface area contributed by atoms with E-state index in [1.807, 2.05) is 6.92 Å². The third kappa shape index (κ3) is 3.54. The van der Waals surface area contributed by atoms with E-state index in [1.165, 1.54) is 0 Å². The molecule has 0 saturated carbocycles. The first-order valence-electron chi connectivity index (χ1n) is 7.23. The second-order valence-corrected chi connectivity index (χ2v) is 11.9. The molecule has 118 valence electrons. The molecule has 0 bridgehead atoms. The minimum Gasteiger partial charge on any atom is -0.444 e. The van der Waals surface area contributed by atoms with E-state index in [9.17, 15) is 4.79 Å². The molecule has 1 amide bonds. The van der Waals surface area contributed by atoms with Crippen molar-refractivity contribution in [3.8, 4) is 0 Å². The van der Waals surface area contributed by atoms with Crippen LogP contribution in [0.2, 0.25) is 18.1 Å². The summed E-state index contributed by atoms with van der Waals surface area (Å²) in [6, 6.07) is -0.135. The molecule has 0 aromatic heterocycles. The smallest absolute Gasteiger partial charge is 0.410 e. The van der Waals surface area contributed by atoms with Crippen molar-refractivity contribution in [2.45, 2.75) is 70.5 Å². The number of hydrogen-bond acceptors (Lipinski definition) is 4. The second kappa shape index (κ2) is 6.03. The number of nitrogens with zero attached hydrogens (tertiary/aromatic N) is 1. The molecule has 20 heavy (non-hydrogen) atoms. The lowest BCUT2D eigenvalue weighted by Gasteiger charge is -2.41. The molecule has 6 heteroatoms. The van der Waals surface area contributed by atoms with Gasteiger partial charge in [-0.2, -0.15) is 0 Å². The van der Waals surface area contributed by atoms with Gasteiger partial charge >= 0.3 is 6.09 Å². The molecule has 1 fully saturated rings. The van der Waals surface area contributed by atoms with Crippen LogP contribution >= 0.6 is 0 Å². The average molecular weight is 303 g/mol. The van der Waals surface area contributed by atoms with E-state index in [1.54, 1.807) is 11.9 Å². The van der Waals surface area contributed by atoms with E-state index in [4.69, 9.17) is 14.3 Å². The molecular weight excluding hydrogens is 274 g/mol. The Hall–Kier alpha value is -0.593. The zero-order valence-electron chi connectivity index (χ0n) is 13.8. The van der Waals surface area contributed by atoms with E-state index in [0.29, 0.717) is 6.42 Å². The molecule has 1 aliphatic rings. The van der Waals surface area contributed by atoms with Crippen LogP contribution < -0.4 is 0 Å². The van der Waals surface area contributed by atoms with Gasteiger partial charge in [0.1, 0.15) is 6.10 Å². The minimum atomic E-state index is -1.90. The Morgan fingerprint density at radius 2 is 2.00 bits per heavy atom. The van der Waals surface area contributed by atoms with Crippen LogP contribution in [0.15, 0.2) is 0 Å². The zero-order chi connectivity index (χ0) is 15.7. The highest BCUT2D eigenvalue weighted by molar-refractivity contribution is 6.74. The molecule has 0 radical (unpaired) electrons. The SMILES string of the molecule is C[C@@H](O[Si](C)(C)C(C)(C)C)[C@@H]1[C@H](CCO)OC(=O)N1C. The molecule has 3 atom stereocenters. The maximum atomic E-state index is 11.7. The lowest BCUT2D eigenvalue weighted by molar-refractivity contribution is 0.0646. The molecule has 1 heterocycles. The Balaban J connectivity index is 2.84. The summed E-state index contributed by atoms with van der Waals surface area (Å²) in [7, 11) is -0.164. The normalized spacial score (nSPS) is 25.8. The molecule has 0 aliphatic carbocycles. The largest absolute Gasteiger partial charge is 0.444 e. The highest BCUT2D eigenvalue weighted by Crippen LogP contribution is 2.38. The monoisotopic (exact) mass is 303 g/mol. The fourth-order valence-electron chi connectivity index (χ4n) is 2.34. The summed E-state index contributed by atoms with van der Waals surface area (Å²) in [5.74, 6) is 0. The Labute approximate surface area is 123 Å². The van der Waals surface area contributed by atoms with Crippen LogP contribution in [0.5, 0.6) is 0 Å². The lowest BCUT2D eigenvalue weighted by Crippen LogP contribution is -2.51. The van der Waals surface area contributed by atoms with E-state index in [2.05, 4.69) is 33.9 Å². The molecule has 1 N–H and O–H groups in total. The highest BCUT2D eigenvalue weighted by atomic mass is 28.4. The Morgan fingerprint density at radius 1 is 1.45 bits per heavy atom. The van der Waals surface area contributed by atoms with Gasteiger partial charge in [-0.25, -0.2) is 4.79 Å². The van der Waals surface area contributed by atoms with Crippen LogP contribution in [0, 0.1) is 0 Å². The zero-order valence-corrected chi connectivity index (χ0v) is 14.8. The molecule has 1 saturated heterocycles. The summed E-state index contributed by atoms with van der Waals surface area (Å²) in [5.41, 5.74) is 0. The summed E-state index contributed by atoms with van der Waals surface area (Å²) in [5, 5.41) is 9.24. The Kier molecular flexibility index (Phi) is 5.27. The molecular formula is C14H29NO4Si. The van der Waals surface area contributed by atoms with Crippen LogP contribution in [-0.2, 0) is 9.16 Å². The van der Waals surface area contributed by atoms with Gasteiger partial charge in [-0.05, 0) is 25.1 Å². The third-order valence-electron chi connectivity index (χ3n) is 4.55. The van der Waals surface area contributed by atoms with E-state index < -0.39 is 8.32 Å². The van der Waals surface area contributed by atoms with Crippen LogP contribution in [0.3, 0.4) is 0 Å². The van der Waals surface area contributed by atoms with E-state index >= 15 is 0 Å². The summed E-state index contributed by atoms with van der Waals surface area (Å²) < 4.78 is 11.7. The number of ether oxygens (including phenoxy) is 1. The van der Waals surface area contributed by atoms with Crippen molar-refractivity contribution in [2.75, 3.05) is 13.7 Å². The number of hydrogen-bond donors (Lipinski definition) is 1. The van der Waals surface area contributed by atoms with Crippen LogP contribution in [0.4, 0.5) is 4.79 Å². The molecule has 5 nitrogen and oxygen atoms in total. The summed E-state index contributed by atoms with van der Waals surface area (Å²) in [6.45, 7) is 13.0. The Bertz CT molecular complexity index is 354. The fourth-order valence-corrected chi connectivity index (χ4v) is 3.76. The summed E-state index contributed by atoms with van der Waals surface area (Å²) >= 11 is 0. The number of rotatable bonds is 5. The van der Waals surface area contributed by atoms with Gasteiger partial charge in [0.05, 0.1) is 12.1 Å². The first-order valence-corrected chi connectivity index (χ1v) is 10.1. The van der Waals surface area contributed by atoms with Crippen molar-refractivity contribution in [2.24, 2.45) is 0 Å². The van der Waals surface area contributed by atoms with Crippen molar-refractivity contribution in [1.29, 1.82) is 0 Å². The van der Waals surface area contributed by atoms with Crippen molar-refractivity contribution in [3.05, 3.63) is 0 Å². The Morgan fingerprint density at radius 3 is 2.45 bits per heavy atom. The van der Waals surface area contributed by atoms with Crippen LogP contribution in [0.25, 0.3) is 0 Å². The van der Waals surface area contributed by atoms with Gasteiger partial charge in [0.2, 0.25) is 0 Å². The van der Waals surface area contributed by atoms with Crippen LogP contribution in [-0.4, -0.2) is 56.3 Å². The number of carbonyl (C=O) groups excluding carboxylic acids is 1. The number of carbonyl (C=O) groups is 1. The number of aliphatic hydroxyl groups excluding tert-OH is 1. The number of cyclic esters (lactones) is 1. The molecule has 0 unspecified atom stereocenters. The van der Waals surface area contributed by atoms with Gasteiger partial charge in [0, 0.05) is 20.1 Å². The molecule has 0 aromatic carbocycles. The van der Waals surface area contributed by atoms with Crippen molar-refractivity contribution in [1.82, 2.24) is 4.90 Å².